The van der Waals surface area contributed by atoms with Crippen LogP contribution in [0.3, 0.4) is 0 Å². The Kier molecular flexibility index (Phi) is 3.99. The van der Waals surface area contributed by atoms with Gasteiger partial charge in [-0.3, -0.25) is 0 Å². The van der Waals surface area contributed by atoms with Crippen LogP contribution in [-0.4, -0.2) is 12.8 Å². The van der Waals surface area contributed by atoms with Gasteiger partial charge in [-0.05, 0) is 12.5 Å². The fraction of sp³-hybridized carbons (Fsp3) is 0.667. The summed E-state index contributed by atoms with van der Waals surface area (Å²) in [5, 5.41) is 2.50. The number of carbonyl (C=O) groups is 1. The first-order valence-electron chi connectivity index (χ1n) is 2.19. The SMILES string of the molecule is CCOC(=O)ON=[N+]=[N-]. The van der Waals surface area contributed by atoms with Gasteiger partial charge >= 0.3 is 6.16 Å². The summed E-state index contributed by atoms with van der Waals surface area (Å²) in [6, 6.07) is 0. The van der Waals surface area contributed by atoms with Crippen LogP contribution in [0.15, 0.2) is 5.28 Å². The van der Waals surface area contributed by atoms with Gasteiger partial charge in [0.15, 0.2) is 0 Å². The molecule has 0 aromatic heterocycles. The van der Waals surface area contributed by atoms with Crippen LogP contribution in [0.5, 0.6) is 0 Å². The van der Waals surface area contributed by atoms with E-state index in [1.807, 2.05) is 0 Å². The van der Waals surface area contributed by atoms with Gasteiger partial charge in [0.05, 0.1) is 6.61 Å². The molecule has 0 amide bonds. The van der Waals surface area contributed by atoms with Crippen LogP contribution in [-0.2, 0) is 9.57 Å². The maximum atomic E-state index is 10.1. The van der Waals surface area contributed by atoms with Crippen molar-refractivity contribution >= 4 is 6.16 Å². The first-order valence-corrected chi connectivity index (χ1v) is 2.19. The molecule has 0 heterocycles. The quantitative estimate of drug-likeness (QED) is 0.186. The third kappa shape index (κ3) is 4.43. The summed E-state index contributed by atoms with van der Waals surface area (Å²) >= 11 is 0. The Balaban J connectivity index is 3.38. The first-order chi connectivity index (χ1) is 4.31. The van der Waals surface area contributed by atoms with Crippen molar-refractivity contribution in [1.29, 1.82) is 0 Å². The zero-order chi connectivity index (χ0) is 7.11. The number of azide groups is 1. The molecule has 0 spiro atoms. The topological polar surface area (TPSA) is 84.3 Å². The maximum Gasteiger partial charge on any atom is 0.520 e. The Labute approximate surface area is 50.9 Å². The Morgan fingerprint density at radius 1 is 1.89 bits per heavy atom. The molecule has 0 rings (SSSR count). The Morgan fingerprint density at radius 3 is 3.00 bits per heavy atom. The molecule has 0 aliphatic heterocycles. The zero-order valence-corrected chi connectivity index (χ0v) is 4.77. The van der Waals surface area contributed by atoms with Gasteiger partial charge < -0.3 is 9.57 Å². The molecule has 0 aliphatic carbocycles. The van der Waals surface area contributed by atoms with Crippen LogP contribution >= 0.6 is 0 Å². The van der Waals surface area contributed by atoms with Gasteiger partial charge in [0.1, 0.15) is 5.28 Å². The molecule has 9 heavy (non-hydrogen) atoms. The van der Waals surface area contributed by atoms with Crippen molar-refractivity contribution < 1.29 is 14.4 Å². The third-order valence-electron chi connectivity index (χ3n) is 0.414. The molecule has 0 saturated heterocycles. The minimum atomic E-state index is -0.990. The molecule has 0 aliphatic rings. The smallest absolute Gasteiger partial charge is 0.434 e. The second kappa shape index (κ2) is 4.73. The summed E-state index contributed by atoms with van der Waals surface area (Å²) < 4.78 is 4.22. The average molecular weight is 131 g/mol. The number of nitrogens with zero attached hydrogens (tertiary/aromatic N) is 3. The lowest BCUT2D eigenvalue weighted by Gasteiger charge is -1.93. The molecular formula is C3H5N3O3. The molecule has 50 valence electrons. The van der Waals surface area contributed by atoms with Gasteiger partial charge in [-0.1, -0.05) is 0 Å². The van der Waals surface area contributed by atoms with E-state index in [1.165, 1.54) is 0 Å². The van der Waals surface area contributed by atoms with E-state index < -0.39 is 6.16 Å². The van der Waals surface area contributed by atoms with E-state index in [9.17, 15) is 4.79 Å². The second-order valence-corrected chi connectivity index (χ2v) is 0.945. The van der Waals surface area contributed by atoms with Crippen LogP contribution in [0.25, 0.3) is 10.4 Å². The molecule has 0 aromatic carbocycles. The highest BCUT2D eigenvalue weighted by Crippen LogP contribution is 1.84. The molecule has 6 heteroatoms. The summed E-state index contributed by atoms with van der Waals surface area (Å²) in [6.45, 7) is 1.80. The maximum absolute atomic E-state index is 10.1. The molecule has 0 N–H and O–H groups in total. The van der Waals surface area contributed by atoms with E-state index in [1.54, 1.807) is 6.92 Å². The van der Waals surface area contributed by atoms with Crippen molar-refractivity contribution in [2.75, 3.05) is 6.61 Å². The molecule has 0 unspecified atom stereocenters. The van der Waals surface area contributed by atoms with Crippen LogP contribution in [0, 0.1) is 0 Å². The third-order valence-corrected chi connectivity index (χ3v) is 0.414. The summed E-state index contributed by atoms with van der Waals surface area (Å²) in [7, 11) is 0. The summed E-state index contributed by atoms with van der Waals surface area (Å²) in [6.07, 6.45) is -0.990. The minimum Gasteiger partial charge on any atom is -0.434 e. The predicted molar refractivity (Wildman–Crippen MR) is 27.3 cm³/mol. The van der Waals surface area contributed by atoms with E-state index >= 15 is 0 Å². The number of ether oxygens (including phenoxy) is 1. The van der Waals surface area contributed by atoms with E-state index in [-0.39, 0.29) is 6.61 Å². The number of hydrogen-bond acceptors (Lipinski definition) is 4. The highest BCUT2D eigenvalue weighted by Gasteiger charge is 1.97. The average Bonchev–Trinajstić information content (AvgIpc) is 1.85. The van der Waals surface area contributed by atoms with Crippen molar-refractivity contribution in [1.82, 2.24) is 0 Å². The Bertz CT molecular complexity index is 139. The minimum absolute atomic E-state index is 0.194. The van der Waals surface area contributed by atoms with Gasteiger partial charge in [-0.15, -0.1) is 0 Å². The normalized spacial score (nSPS) is 7.22. The molecule has 0 atom stereocenters. The van der Waals surface area contributed by atoms with Gasteiger partial charge in [0.25, 0.3) is 0 Å². The monoisotopic (exact) mass is 131 g/mol. The van der Waals surface area contributed by atoms with Crippen LogP contribution in [0.1, 0.15) is 6.92 Å². The van der Waals surface area contributed by atoms with Gasteiger partial charge in [0.2, 0.25) is 0 Å². The Morgan fingerprint density at radius 2 is 2.56 bits per heavy atom. The van der Waals surface area contributed by atoms with Gasteiger partial charge in [-0.25, -0.2) is 4.79 Å². The van der Waals surface area contributed by atoms with Crippen LogP contribution in [0.4, 0.5) is 4.79 Å². The second-order valence-electron chi connectivity index (χ2n) is 0.945. The summed E-state index contributed by atoms with van der Waals surface area (Å²) in [4.78, 5) is 16.0. The fourth-order valence-electron chi connectivity index (χ4n) is 0.196. The van der Waals surface area contributed by atoms with E-state index in [0.29, 0.717) is 0 Å². The van der Waals surface area contributed by atoms with Crippen molar-refractivity contribution in [2.24, 2.45) is 5.28 Å². The molecule has 0 bridgehead atoms. The van der Waals surface area contributed by atoms with E-state index in [2.05, 4.69) is 19.8 Å². The molecule has 6 nitrogen and oxygen atoms in total. The first kappa shape index (κ1) is 7.58. The molecule has 0 saturated carbocycles. The van der Waals surface area contributed by atoms with Crippen molar-refractivity contribution in [2.45, 2.75) is 6.92 Å². The van der Waals surface area contributed by atoms with E-state index in [0.717, 1.165) is 0 Å². The zero-order valence-electron chi connectivity index (χ0n) is 4.77. The largest absolute Gasteiger partial charge is 0.520 e. The fourth-order valence-corrected chi connectivity index (χ4v) is 0.196. The number of carbonyl (C=O) groups excluding carboxylic acids is 1. The molecule has 0 fully saturated rings. The standard InChI is InChI=1S/C3H5N3O3/c1-2-8-3(7)9-6-5-4/h2H2,1H3. The predicted octanol–water partition coefficient (Wildman–Crippen LogP) is 1.38. The van der Waals surface area contributed by atoms with Crippen molar-refractivity contribution in [3.8, 4) is 0 Å². The van der Waals surface area contributed by atoms with Crippen molar-refractivity contribution in [3.63, 3.8) is 0 Å². The Hall–Kier alpha value is -1.42. The summed E-state index contributed by atoms with van der Waals surface area (Å²) in [5.41, 5.74) is 7.61. The van der Waals surface area contributed by atoms with Gasteiger partial charge in [0, 0.05) is 4.91 Å². The van der Waals surface area contributed by atoms with Crippen molar-refractivity contribution in [3.05, 3.63) is 10.4 Å². The highest BCUT2D eigenvalue weighted by atomic mass is 16.8. The lowest BCUT2D eigenvalue weighted by Crippen LogP contribution is -2.01. The molecule has 0 aromatic rings. The molecule has 0 radical (unpaired) electrons. The summed E-state index contributed by atoms with van der Waals surface area (Å²) in [5.74, 6) is 0. The molecular weight excluding hydrogens is 126 g/mol. The number of rotatable bonds is 2. The lowest BCUT2D eigenvalue weighted by atomic mass is 10.9. The van der Waals surface area contributed by atoms with Crippen LogP contribution < -0.4 is 0 Å². The highest BCUT2D eigenvalue weighted by molar-refractivity contribution is 5.59. The lowest BCUT2D eigenvalue weighted by molar-refractivity contribution is 0.0595. The number of hydrogen-bond donors (Lipinski definition) is 0. The van der Waals surface area contributed by atoms with Gasteiger partial charge in [-0.2, -0.15) is 0 Å². The van der Waals surface area contributed by atoms with Crippen LogP contribution in [0.2, 0.25) is 0 Å². The van der Waals surface area contributed by atoms with E-state index in [4.69, 9.17) is 5.53 Å².